The Kier molecular flexibility index (Phi) is 5.14. The fraction of sp³-hybridized carbons (Fsp3) is 0.263. The Morgan fingerprint density at radius 3 is 2.66 bits per heavy atom. The molecule has 3 heterocycles. The summed E-state index contributed by atoms with van der Waals surface area (Å²) in [6, 6.07) is 11.3. The molecular formula is C19H21N9O. The highest BCUT2D eigenvalue weighted by Crippen LogP contribution is 2.11. The van der Waals surface area contributed by atoms with Gasteiger partial charge in [-0.1, -0.05) is 30.3 Å². The fourth-order valence-electron chi connectivity index (χ4n) is 2.86. The Morgan fingerprint density at radius 2 is 1.90 bits per heavy atom. The molecule has 4 rings (SSSR count). The van der Waals surface area contributed by atoms with Crippen molar-refractivity contribution in [1.82, 2.24) is 45.1 Å². The molecule has 0 aliphatic rings. The van der Waals surface area contributed by atoms with E-state index in [2.05, 4.69) is 30.9 Å². The van der Waals surface area contributed by atoms with E-state index < -0.39 is 0 Å². The number of benzene rings is 1. The second kappa shape index (κ2) is 8.05. The molecular weight excluding hydrogens is 370 g/mol. The zero-order valence-electron chi connectivity index (χ0n) is 16.2. The van der Waals surface area contributed by atoms with Crippen molar-refractivity contribution in [1.29, 1.82) is 0 Å². The van der Waals surface area contributed by atoms with Crippen LogP contribution in [0.5, 0.6) is 0 Å². The standard InChI is InChI=1S/C19H21N9O/c1-3-26-12-16(14(2)22-26)11-20-19(29)17-9-10-27(23-17)13-28-24-18(21-25-28)15-7-5-4-6-8-15/h4-10,12H,3,11,13H2,1-2H3,(H,20,29). The van der Waals surface area contributed by atoms with Crippen LogP contribution in [-0.2, 0) is 19.8 Å². The summed E-state index contributed by atoms with van der Waals surface area (Å²) in [5.74, 6) is 0.294. The lowest BCUT2D eigenvalue weighted by molar-refractivity contribution is 0.0945. The third-order valence-electron chi connectivity index (χ3n) is 4.44. The number of carbonyl (C=O) groups is 1. The van der Waals surface area contributed by atoms with Gasteiger partial charge in [0, 0.05) is 36.6 Å². The summed E-state index contributed by atoms with van der Waals surface area (Å²) in [7, 11) is 0. The number of nitrogens with zero attached hydrogens (tertiary/aromatic N) is 8. The van der Waals surface area contributed by atoms with Crippen LogP contribution in [0, 0.1) is 6.92 Å². The lowest BCUT2D eigenvalue weighted by Crippen LogP contribution is -2.24. The second-order valence-corrected chi connectivity index (χ2v) is 6.51. The molecule has 29 heavy (non-hydrogen) atoms. The van der Waals surface area contributed by atoms with E-state index in [4.69, 9.17) is 0 Å². The van der Waals surface area contributed by atoms with Crippen LogP contribution in [0.4, 0.5) is 0 Å². The van der Waals surface area contributed by atoms with Crippen molar-refractivity contribution >= 4 is 5.91 Å². The van der Waals surface area contributed by atoms with Crippen molar-refractivity contribution in [2.75, 3.05) is 0 Å². The first kappa shape index (κ1) is 18.5. The van der Waals surface area contributed by atoms with Crippen LogP contribution >= 0.6 is 0 Å². The summed E-state index contributed by atoms with van der Waals surface area (Å²) in [6.07, 6.45) is 3.65. The van der Waals surface area contributed by atoms with Crippen molar-refractivity contribution < 1.29 is 4.79 Å². The lowest BCUT2D eigenvalue weighted by atomic mass is 10.2. The Morgan fingerprint density at radius 1 is 1.07 bits per heavy atom. The van der Waals surface area contributed by atoms with Crippen molar-refractivity contribution in [3.05, 3.63) is 65.7 Å². The number of hydrogen-bond acceptors (Lipinski definition) is 6. The average Bonchev–Trinajstić information content (AvgIpc) is 3.47. The predicted molar refractivity (Wildman–Crippen MR) is 105 cm³/mol. The molecule has 0 bridgehead atoms. The summed E-state index contributed by atoms with van der Waals surface area (Å²) in [6.45, 7) is 5.41. The topological polar surface area (TPSA) is 108 Å². The van der Waals surface area contributed by atoms with Gasteiger partial charge in [-0.2, -0.15) is 10.2 Å². The molecule has 0 aliphatic carbocycles. The number of nitrogens with one attached hydrogen (secondary N) is 1. The van der Waals surface area contributed by atoms with Gasteiger partial charge in [-0.25, -0.2) is 4.68 Å². The van der Waals surface area contributed by atoms with Gasteiger partial charge in [0.1, 0.15) is 5.69 Å². The maximum atomic E-state index is 12.4. The Bertz CT molecular complexity index is 1110. The van der Waals surface area contributed by atoms with Crippen LogP contribution in [-0.4, -0.2) is 45.7 Å². The number of rotatable bonds is 7. The number of amides is 1. The molecule has 0 spiro atoms. The summed E-state index contributed by atoms with van der Waals surface area (Å²) >= 11 is 0. The van der Waals surface area contributed by atoms with Crippen molar-refractivity contribution in [2.45, 2.75) is 33.6 Å². The molecule has 3 aromatic heterocycles. The smallest absolute Gasteiger partial charge is 0.272 e. The molecule has 1 amide bonds. The van der Waals surface area contributed by atoms with Gasteiger partial charge in [-0.3, -0.25) is 9.48 Å². The van der Waals surface area contributed by atoms with Crippen LogP contribution in [0.1, 0.15) is 28.7 Å². The minimum atomic E-state index is -0.246. The maximum absolute atomic E-state index is 12.4. The third-order valence-corrected chi connectivity index (χ3v) is 4.44. The van der Waals surface area contributed by atoms with E-state index in [1.807, 2.05) is 55.1 Å². The monoisotopic (exact) mass is 391 g/mol. The van der Waals surface area contributed by atoms with Crippen LogP contribution in [0.25, 0.3) is 11.4 Å². The first-order valence-corrected chi connectivity index (χ1v) is 9.30. The third kappa shape index (κ3) is 4.21. The normalized spacial score (nSPS) is 11.0. The quantitative estimate of drug-likeness (QED) is 0.511. The highest BCUT2D eigenvalue weighted by atomic mass is 16.1. The van der Waals surface area contributed by atoms with Crippen LogP contribution < -0.4 is 5.32 Å². The average molecular weight is 391 g/mol. The Balaban J connectivity index is 1.37. The molecule has 10 heteroatoms. The van der Waals surface area contributed by atoms with Crippen molar-refractivity contribution in [3.63, 3.8) is 0 Å². The summed E-state index contributed by atoms with van der Waals surface area (Å²) in [5.41, 5.74) is 3.11. The first-order chi connectivity index (χ1) is 14.1. The number of aryl methyl sites for hydroxylation is 2. The number of aromatic nitrogens is 8. The molecule has 148 valence electrons. The molecule has 1 aromatic carbocycles. The maximum Gasteiger partial charge on any atom is 0.272 e. The Labute approximate surface area is 167 Å². The number of tetrazole rings is 1. The molecule has 0 atom stereocenters. The molecule has 1 N–H and O–H groups in total. The largest absolute Gasteiger partial charge is 0.346 e. The van der Waals surface area contributed by atoms with Gasteiger partial charge in [0.25, 0.3) is 5.91 Å². The van der Waals surface area contributed by atoms with Gasteiger partial charge in [0.05, 0.1) is 5.69 Å². The highest BCUT2D eigenvalue weighted by Gasteiger charge is 2.12. The molecule has 0 unspecified atom stereocenters. The minimum Gasteiger partial charge on any atom is -0.346 e. The highest BCUT2D eigenvalue weighted by molar-refractivity contribution is 5.92. The fourth-order valence-corrected chi connectivity index (χ4v) is 2.86. The van der Waals surface area contributed by atoms with E-state index in [9.17, 15) is 4.79 Å². The van der Waals surface area contributed by atoms with Gasteiger partial charge in [0.15, 0.2) is 6.67 Å². The zero-order chi connectivity index (χ0) is 20.2. The Hall–Kier alpha value is -3.82. The van der Waals surface area contributed by atoms with E-state index in [1.54, 1.807) is 16.9 Å². The summed E-state index contributed by atoms with van der Waals surface area (Å²) in [5, 5.41) is 24.0. The van der Waals surface area contributed by atoms with Gasteiger partial charge < -0.3 is 5.32 Å². The molecule has 4 aromatic rings. The summed E-state index contributed by atoms with van der Waals surface area (Å²) in [4.78, 5) is 13.8. The van der Waals surface area contributed by atoms with Gasteiger partial charge >= 0.3 is 0 Å². The van der Waals surface area contributed by atoms with E-state index in [0.29, 0.717) is 18.1 Å². The molecule has 0 aliphatic heterocycles. The first-order valence-electron chi connectivity index (χ1n) is 9.30. The van der Waals surface area contributed by atoms with Gasteiger partial charge in [0.2, 0.25) is 5.82 Å². The van der Waals surface area contributed by atoms with Crippen LogP contribution in [0.3, 0.4) is 0 Å². The molecule has 10 nitrogen and oxygen atoms in total. The van der Waals surface area contributed by atoms with E-state index >= 15 is 0 Å². The zero-order valence-corrected chi connectivity index (χ0v) is 16.2. The lowest BCUT2D eigenvalue weighted by Gasteiger charge is -2.02. The molecule has 0 radical (unpaired) electrons. The van der Waals surface area contributed by atoms with Crippen LogP contribution in [0.15, 0.2) is 48.8 Å². The predicted octanol–water partition coefficient (Wildman–Crippen LogP) is 1.50. The van der Waals surface area contributed by atoms with E-state index in [-0.39, 0.29) is 12.6 Å². The SMILES string of the molecule is CCn1cc(CNC(=O)c2ccn(Cn3nnc(-c4ccccc4)n3)n2)c(C)n1. The molecule has 0 fully saturated rings. The minimum absolute atomic E-state index is 0.246. The second-order valence-electron chi connectivity index (χ2n) is 6.51. The van der Waals surface area contributed by atoms with Crippen molar-refractivity contribution in [3.8, 4) is 11.4 Å². The van der Waals surface area contributed by atoms with E-state index in [0.717, 1.165) is 23.4 Å². The van der Waals surface area contributed by atoms with Gasteiger partial charge in [-0.05, 0) is 25.1 Å². The number of hydrogen-bond donors (Lipinski definition) is 1. The molecule has 0 saturated carbocycles. The molecule has 0 saturated heterocycles. The van der Waals surface area contributed by atoms with E-state index in [1.165, 1.54) is 4.80 Å². The van der Waals surface area contributed by atoms with Gasteiger partial charge in [-0.15, -0.1) is 15.0 Å². The van der Waals surface area contributed by atoms with Crippen molar-refractivity contribution in [2.24, 2.45) is 0 Å². The van der Waals surface area contributed by atoms with Crippen LogP contribution in [0.2, 0.25) is 0 Å². The summed E-state index contributed by atoms with van der Waals surface area (Å²) < 4.78 is 3.44. The number of carbonyl (C=O) groups excluding carboxylic acids is 1.